The number of aliphatic imine (C=N–C) groups is 1. The van der Waals surface area contributed by atoms with Crippen LogP contribution in [0, 0.1) is 5.41 Å². The summed E-state index contributed by atoms with van der Waals surface area (Å²) in [6.45, 7) is 10.0. The first-order chi connectivity index (χ1) is 12.9. The monoisotopic (exact) mass is 380 g/mol. The number of guanidine groups is 1. The Balaban J connectivity index is 1.77. The zero-order chi connectivity index (χ0) is 19.9. The van der Waals surface area contributed by atoms with Crippen LogP contribution in [0.4, 0.5) is 0 Å². The summed E-state index contributed by atoms with van der Waals surface area (Å²) in [5, 5.41) is 6.03. The molecule has 2 saturated heterocycles. The van der Waals surface area contributed by atoms with E-state index in [1.54, 1.807) is 14.1 Å². The molecule has 2 aliphatic heterocycles. The highest BCUT2D eigenvalue weighted by molar-refractivity contribution is 5.84. The van der Waals surface area contributed by atoms with Crippen molar-refractivity contribution >= 4 is 17.8 Å². The molecule has 0 atom stereocenters. The van der Waals surface area contributed by atoms with Crippen molar-refractivity contribution in [2.75, 3.05) is 66.5 Å². The third-order valence-electron chi connectivity index (χ3n) is 5.48. The third-order valence-corrected chi connectivity index (χ3v) is 5.48. The molecule has 0 aromatic heterocycles. The van der Waals surface area contributed by atoms with Crippen LogP contribution in [0.3, 0.4) is 0 Å². The number of carbonyl (C=O) groups excluding carboxylic acids is 2. The van der Waals surface area contributed by atoms with Crippen LogP contribution in [0.2, 0.25) is 0 Å². The Morgan fingerprint density at radius 1 is 0.963 bits per heavy atom. The van der Waals surface area contributed by atoms with E-state index in [0.29, 0.717) is 13.1 Å². The van der Waals surface area contributed by atoms with Crippen LogP contribution >= 0.6 is 0 Å². The molecule has 0 radical (unpaired) electrons. The van der Waals surface area contributed by atoms with Gasteiger partial charge in [-0.05, 0) is 33.1 Å². The Hall–Kier alpha value is -1.83. The quantitative estimate of drug-likeness (QED) is 0.517. The maximum Gasteiger partial charge on any atom is 0.236 e. The minimum absolute atomic E-state index is 0.00602. The van der Waals surface area contributed by atoms with Crippen molar-refractivity contribution < 1.29 is 9.59 Å². The fourth-order valence-corrected chi connectivity index (χ4v) is 3.60. The average molecular weight is 381 g/mol. The van der Waals surface area contributed by atoms with Crippen LogP contribution in [-0.2, 0) is 9.59 Å². The molecule has 2 aliphatic rings. The van der Waals surface area contributed by atoms with Crippen molar-refractivity contribution in [1.29, 1.82) is 0 Å². The molecule has 154 valence electrons. The molecule has 2 rings (SSSR count). The number of hydrogen-bond acceptors (Lipinski definition) is 4. The summed E-state index contributed by atoms with van der Waals surface area (Å²) >= 11 is 0. The fraction of sp³-hybridized carbons (Fsp3) is 0.842. The third kappa shape index (κ3) is 6.09. The lowest BCUT2D eigenvalue weighted by molar-refractivity contribution is -0.133. The van der Waals surface area contributed by atoms with Gasteiger partial charge in [-0.15, -0.1) is 0 Å². The summed E-state index contributed by atoms with van der Waals surface area (Å²) in [4.78, 5) is 35.2. The zero-order valence-electron chi connectivity index (χ0n) is 17.4. The summed E-state index contributed by atoms with van der Waals surface area (Å²) in [6, 6.07) is 0. The maximum atomic E-state index is 12.4. The van der Waals surface area contributed by atoms with Gasteiger partial charge in [-0.3, -0.25) is 19.5 Å². The second kappa shape index (κ2) is 9.92. The number of piperidine rings is 1. The van der Waals surface area contributed by atoms with Gasteiger partial charge >= 0.3 is 0 Å². The Labute approximate surface area is 163 Å². The van der Waals surface area contributed by atoms with Crippen molar-refractivity contribution in [3.8, 4) is 0 Å². The standard InChI is InChI=1S/C19H36N6O2/c1-19(2,17(27)20-3)15-22-18(21-4)25-12-10-23(11-13-25)14-16(26)24-8-6-5-7-9-24/h5-15H2,1-4H3,(H,20,27)(H,21,22). The van der Waals surface area contributed by atoms with Crippen molar-refractivity contribution in [3.05, 3.63) is 0 Å². The molecule has 0 spiro atoms. The molecule has 8 nitrogen and oxygen atoms in total. The van der Waals surface area contributed by atoms with Gasteiger partial charge in [0.1, 0.15) is 0 Å². The molecule has 2 N–H and O–H groups in total. The molecule has 0 unspecified atom stereocenters. The van der Waals surface area contributed by atoms with E-state index in [0.717, 1.165) is 58.1 Å². The summed E-state index contributed by atoms with van der Waals surface area (Å²) in [5.74, 6) is 1.08. The minimum atomic E-state index is -0.507. The number of piperazine rings is 1. The van der Waals surface area contributed by atoms with Gasteiger partial charge < -0.3 is 20.4 Å². The first-order valence-electron chi connectivity index (χ1n) is 10.1. The first-order valence-corrected chi connectivity index (χ1v) is 10.1. The predicted octanol–water partition coefficient (Wildman–Crippen LogP) is -0.0359. The Kier molecular flexibility index (Phi) is 7.89. The normalized spacial score (nSPS) is 19.8. The van der Waals surface area contributed by atoms with E-state index in [2.05, 4.69) is 25.4 Å². The highest BCUT2D eigenvalue weighted by atomic mass is 16.2. The van der Waals surface area contributed by atoms with E-state index in [1.165, 1.54) is 6.42 Å². The minimum Gasteiger partial charge on any atom is -0.359 e. The van der Waals surface area contributed by atoms with Gasteiger partial charge in [0.2, 0.25) is 11.8 Å². The van der Waals surface area contributed by atoms with Gasteiger partial charge in [-0.1, -0.05) is 0 Å². The smallest absolute Gasteiger partial charge is 0.236 e. The topological polar surface area (TPSA) is 80.3 Å². The summed E-state index contributed by atoms with van der Waals surface area (Å²) in [6.07, 6.45) is 3.51. The number of carbonyl (C=O) groups is 2. The number of likely N-dealkylation sites (tertiary alicyclic amines) is 1. The second-order valence-electron chi connectivity index (χ2n) is 8.07. The SMILES string of the molecule is CN=C(NCC(C)(C)C(=O)NC)N1CCN(CC(=O)N2CCCCC2)CC1. The van der Waals surface area contributed by atoms with E-state index in [4.69, 9.17) is 0 Å². The number of rotatable bonds is 5. The molecule has 8 heteroatoms. The van der Waals surface area contributed by atoms with Gasteiger partial charge in [0, 0.05) is 59.9 Å². The molecule has 0 bridgehead atoms. The van der Waals surface area contributed by atoms with Gasteiger partial charge in [-0.2, -0.15) is 0 Å². The van der Waals surface area contributed by atoms with Crippen molar-refractivity contribution in [3.63, 3.8) is 0 Å². The van der Waals surface area contributed by atoms with Crippen molar-refractivity contribution in [2.24, 2.45) is 10.4 Å². The van der Waals surface area contributed by atoms with E-state index < -0.39 is 5.41 Å². The lowest BCUT2D eigenvalue weighted by Crippen LogP contribution is -2.55. The summed E-state index contributed by atoms with van der Waals surface area (Å²) in [5.41, 5.74) is -0.507. The Morgan fingerprint density at radius 3 is 2.15 bits per heavy atom. The first kappa shape index (κ1) is 21.5. The largest absolute Gasteiger partial charge is 0.359 e. The van der Waals surface area contributed by atoms with Crippen molar-refractivity contribution in [2.45, 2.75) is 33.1 Å². The molecular formula is C19H36N6O2. The van der Waals surface area contributed by atoms with E-state index in [9.17, 15) is 9.59 Å². The number of nitrogens with one attached hydrogen (secondary N) is 2. The average Bonchev–Trinajstić information content (AvgIpc) is 2.69. The van der Waals surface area contributed by atoms with Crippen LogP contribution < -0.4 is 10.6 Å². The van der Waals surface area contributed by atoms with Gasteiger partial charge in [0.25, 0.3) is 0 Å². The molecule has 27 heavy (non-hydrogen) atoms. The van der Waals surface area contributed by atoms with E-state index in [-0.39, 0.29) is 11.8 Å². The number of hydrogen-bond donors (Lipinski definition) is 2. The fourth-order valence-electron chi connectivity index (χ4n) is 3.60. The lowest BCUT2D eigenvalue weighted by atomic mass is 9.92. The molecular weight excluding hydrogens is 344 g/mol. The van der Waals surface area contributed by atoms with Crippen LogP contribution in [0.25, 0.3) is 0 Å². The molecule has 0 aromatic rings. The number of nitrogens with zero attached hydrogens (tertiary/aromatic N) is 4. The molecule has 2 fully saturated rings. The van der Waals surface area contributed by atoms with E-state index >= 15 is 0 Å². The van der Waals surface area contributed by atoms with Crippen LogP contribution in [0.1, 0.15) is 33.1 Å². The highest BCUT2D eigenvalue weighted by Crippen LogP contribution is 2.14. The van der Waals surface area contributed by atoms with Gasteiger partial charge in [0.15, 0.2) is 5.96 Å². The van der Waals surface area contributed by atoms with Gasteiger partial charge in [0.05, 0.1) is 12.0 Å². The van der Waals surface area contributed by atoms with Crippen LogP contribution in [-0.4, -0.2) is 98.9 Å². The maximum absolute atomic E-state index is 12.4. The van der Waals surface area contributed by atoms with Crippen LogP contribution in [0.15, 0.2) is 4.99 Å². The van der Waals surface area contributed by atoms with Gasteiger partial charge in [-0.25, -0.2) is 0 Å². The summed E-state index contributed by atoms with van der Waals surface area (Å²) in [7, 11) is 3.42. The molecule has 0 aromatic carbocycles. The zero-order valence-corrected chi connectivity index (χ0v) is 17.4. The second-order valence-corrected chi connectivity index (χ2v) is 8.07. The predicted molar refractivity (Wildman–Crippen MR) is 108 cm³/mol. The molecule has 0 aliphatic carbocycles. The van der Waals surface area contributed by atoms with Crippen molar-refractivity contribution in [1.82, 2.24) is 25.3 Å². The Bertz CT molecular complexity index is 534. The molecule has 2 heterocycles. The lowest BCUT2D eigenvalue weighted by Gasteiger charge is -2.38. The highest BCUT2D eigenvalue weighted by Gasteiger charge is 2.28. The molecule has 2 amide bonds. The Morgan fingerprint density at radius 2 is 1.59 bits per heavy atom. The van der Waals surface area contributed by atoms with Crippen LogP contribution in [0.5, 0.6) is 0 Å². The van der Waals surface area contributed by atoms with E-state index in [1.807, 2.05) is 18.7 Å². The summed E-state index contributed by atoms with van der Waals surface area (Å²) < 4.78 is 0. The molecule has 0 saturated carbocycles. The number of amides is 2.